The summed E-state index contributed by atoms with van der Waals surface area (Å²) in [7, 11) is 0. The van der Waals surface area contributed by atoms with Crippen molar-refractivity contribution < 1.29 is 14.7 Å². The highest BCUT2D eigenvalue weighted by molar-refractivity contribution is 5.91. The minimum Gasteiger partial charge on any atom is -0.481 e. The summed E-state index contributed by atoms with van der Waals surface area (Å²) in [6, 6.07) is 0. The molecule has 4 aliphatic rings. The van der Waals surface area contributed by atoms with Gasteiger partial charge in [0.05, 0.1) is 0 Å². The zero-order chi connectivity index (χ0) is 19.6. The van der Waals surface area contributed by atoms with E-state index in [2.05, 4.69) is 27.0 Å². The maximum atomic E-state index is 12.0. The van der Waals surface area contributed by atoms with Crippen LogP contribution in [-0.2, 0) is 9.59 Å². The highest BCUT2D eigenvalue weighted by Crippen LogP contribution is 2.69. The van der Waals surface area contributed by atoms with E-state index in [0.29, 0.717) is 36.4 Å². The molecule has 0 aromatic heterocycles. The molecule has 4 rings (SSSR count). The van der Waals surface area contributed by atoms with Gasteiger partial charge in [-0.1, -0.05) is 32.6 Å². The van der Waals surface area contributed by atoms with Gasteiger partial charge in [-0.25, -0.2) is 0 Å². The molecule has 0 aromatic carbocycles. The van der Waals surface area contributed by atoms with E-state index in [0.717, 1.165) is 31.3 Å². The summed E-state index contributed by atoms with van der Waals surface area (Å²) in [6.45, 7) is 13.6. The lowest BCUT2D eigenvalue weighted by Gasteiger charge is -2.58. The first-order chi connectivity index (χ1) is 12.7. The van der Waals surface area contributed by atoms with Crippen LogP contribution in [0.4, 0.5) is 0 Å². The Balaban J connectivity index is 1.67. The monoisotopic (exact) mass is 368 g/mol. The fourth-order valence-electron chi connectivity index (χ4n) is 7.44. The van der Waals surface area contributed by atoms with Crippen molar-refractivity contribution in [3.8, 4) is 0 Å². The fraction of sp³-hybridized carbons (Fsp3) is 0.667. The summed E-state index contributed by atoms with van der Waals surface area (Å²) in [4.78, 5) is 23.1. The third-order valence-corrected chi connectivity index (χ3v) is 8.83. The first kappa shape index (κ1) is 18.7. The molecule has 0 radical (unpaired) electrons. The van der Waals surface area contributed by atoms with Gasteiger partial charge in [-0.3, -0.25) is 9.59 Å². The molecule has 27 heavy (non-hydrogen) atoms. The van der Waals surface area contributed by atoms with E-state index in [1.165, 1.54) is 17.6 Å². The molecule has 0 saturated heterocycles. The Bertz CT molecular complexity index is 760. The van der Waals surface area contributed by atoms with Gasteiger partial charge in [0.25, 0.3) is 0 Å². The Morgan fingerprint density at radius 2 is 1.93 bits per heavy atom. The van der Waals surface area contributed by atoms with Gasteiger partial charge in [-0.2, -0.15) is 0 Å². The molecule has 0 heterocycles. The molecule has 0 spiro atoms. The number of hydrogen-bond donors (Lipinski definition) is 1. The van der Waals surface area contributed by atoms with Gasteiger partial charge >= 0.3 is 5.97 Å². The number of carboxylic acid groups (broad SMARTS) is 1. The van der Waals surface area contributed by atoms with Crippen LogP contribution in [0.15, 0.2) is 36.0 Å². The van der Waals surface area contributed by atoms with Gasteiger partial charge in [0, 0.05) is 12.8 Å². The fourth-order valence-corrected chi connectivity index (χ4v) is 7.44. The van der Waals surface area contributed by atoms with E-state index in [1.807, 2.05) is 6.08 Å². The zero-order valence-electron chi connectivity index (χ0n) is 16.7. The van der Waals surface area contributed by atoms with Crippen molar-refractivity contribution in [2.45, 2.75) is 65.2 Å². The van der Waals surface area contributed by atoms with Crippen LogP contribution >= 0.6 is 0 Å². The lowest BCUT2D eigenvalue weighted by Crippen LogP contribution is -2.50. The molecule has 3 saturated carbocycles. The van der Waals surface area contributed by atoms with Crippen LogP contribution in [-0.4, -0.2) is 16.9 Å². The van der Waals surface area contributed by atoms with E-state index in [4.69, 9.17) is 0 Å². The highest BCUT2D eigenvalue weighted by Gasteiger charge is 2.60. The molecule has 4 aliphatic carbocycles. The number of aliphatic carboxylic acids is 1. The number of carbonyl (C=O) groups is 2. The second kappa shape index (κ2) is 6.18. The van der Waals surface area contributed by atoms with E-state index in [9.17, 15) is 14.7 Å². The van der Waals surface area contributed by atoms with Crippen LogP contribution < -0.4 is 0 Å². The molecule has 0 bridgehead atoms. The summed E-state index contributed by atoms with van der Waals surface area (Å²) >= 11 is 0. The Hall–Kier alpha value is -1.64. The predicted octanol–water partition coefficient (Wildman–Crippen LogP) is 5.33. The molecule has 0 aromatic rings. The molecular formula is C24H32O3. The number of hydrogen-bond acceptors (Lipinski definition) is 2. The second-order valence-electron chi connectivity index (χ2n) is 9.92. The van der Waals surface area contributed by atoms with Gasteiger partial charge in [0.15, 0.2) is 5.78 Å². The van der Waals surface area contributed by atoms with Crippen LogP contribution in [0.1, 0.15) is 65.2 Å². The van der Waals surface area contributed by atoms with Crippen LogP contribution in [0.3, 0.4) is 0 Å². The molecule has 0 unspecified atom stereocenters. The molecule has 1 N–H and O–H groups in total. The number of fused-ring (bicyclic) bond motifs is 5. The van der Waals surface area contributed by atoms with Crippen LogP contribution in [0.2, 0.25) is 0 Å². The maximum absolute atomic E-state index is 12.0. The molecule has 3 heteroatoms. The van der Waals surface area contributed by atoms with Crippen molar-refractivity contribution in [2.24, 2.45) is 34.5 Å². The third kappa shape index (κ3) is 2.61. The number of carboxylic acids is 1. The number of ketones is 1. The van der Waals surface area contributed by atoms with E-state index in [-0.39, 0.29) is 23.2 Å². The summed E-state index contributed by atoms with van der Waals surface area (Å²) < 4.78 is 0. The van der Waals surface area contributed by atoms with Crippen molar-refractivity contribution in [1.82, 2.24) is 0 Å². The summed E-state index contributed by atoms with van der Waals surface area (Å²) in [6.07, 6.45) is 8.92. The minimum absolute atomic E-state index is 0.0901. The Kier molecular flexibility index (Phi) is 4.29. The lowest BCUT2D eigenvalue weighted by atomic mass is 9.46. The average molecular weight is 369 g/mol. The van der Waals surface area contributed by atoms with Crippen LogP contribution in [0.25, 0.3) is 0 Å². The predicted molar refractivity (Wildman–Crippen MR) is 106 cm³/mol. The average Bonchev–Trinajstić information content (AvgIpc) is 2.80. The molecule has 0 amide bonds. The van der Waals surface area contributed by atoms with Crippen molar-refractivity contribution in [3.05, 3.63) is 36.0 Å². The van der Waals surface area contributed by atoms with E-state index >= 15 is 0 Å². The number of rotatable bonds is 3. The summed E-state index contributed by atoms with van der Waals surface area (Å²) in [5.41, 5.74) is 3.92. The first-order valence-corrected chi connectivity index (χ1v) is 10.5. The van der Waals surface area contributed by atoms with Crippen molar-refractivity contribution >= 4 is 11.8 Å². The van der Waals surface area contributed by atoms with E-state index < -0.39 is 5.97 Å². The van der Waals surface area contributed by atoms with Gasteiger partial charge in [-0.15, -0.1) is 0 Å². The largest absolute Gasteiger partial charge is 0.481 e. The number of carbonyl (C=O) groups excluding carboxylic acids is 1. The van der Waals surface area contributed by atoms with Crippen LogP contribution in [0.5, 0.6) is 0 Å². The Labute approximate surface area is 162 Å². The number of allylic oxidation sites excluding steroid dienone is 3. The smallest absolute Gasteiger partial charge is 0.303 e. The van der Waals surface area contributed by atoms with Crippen LogP contribution in [0, 0.1) is 34.5 Å². The van der Waals surface area contributed by atoms with Gasteiger partial charge in [0.1, 0.15) is 0 Å². The van der Waals surface area contributed by atoms with Crippen molar-refractivity contribution in [1.29, 1.82) is 0 Å². The molecule has 3 fully saturated rings. The quantitative estimate of drug-likeness (QED) is 0.732. The topological polar surface area (TPSA) is 54.4 Å². The SMILES string of the molecule is C=C1C(=C)[C@H]2[C@@H]3CCC4=CC(=O)CC[C@]4(C)[C@H]3CC[C@]2(C)[C@@H]1CCC(=O)O. The molecular weight excluding hydrogens is 336 g/mol. The zero-order valence-corrected chi connectivity index (χ0v) is 16.7. The molecule has 6 atom stereocenters. The van der Waals surface area contributed by atoms with Crippen molar-refractivity contribution in [3.63, 3.8) is 0 Å². The third-order valence-electron chi connectivity index (χ3n) is 8.83. The van der Waals surface area contributed by atoms with Gasteiger partial charge in [-0.05, 0) is 90.2 Å². The Morgan fingerprint density at radius 1 is 1.19 bits per heavy atom. The highest BCUT2D eigenvalue weighted by atomic mass is 16.4. The Morgan fingerprint density at radius 3 is 2.63 bits per heavy atom. The van der Waals surface area contributed by atoms with Gasteiger partial charge < -0.3 is 5.11 Å². The molecule has 146 valence electrons. The molecule has 0 aliphatic heterocycles. The lowest BCUT2D eigenvalue weighted by molar-refractivity contribution is -0.137. The normalized spacial score (nSPS) is 43.6. The summed E-state index contributed by atoms with van der Waals surface area (Å²) in [5, 5.41) is 9.19. The second-order valence-corrected chi connectivity index (χ2v) is 9.92. The van der Waals surface area contributed by atoms with Crippen molar-refractivity contribution in [2.75, 3.05) is 0 Å². The van der Waals surface area contributed by atoms with Gasteiger partial charge in [0.2, 0.25) is 0 Å². The van der Waals surface area contributed by atoms with E-state index in [1.54, 1.807) is 0 Å². The first-order valence-electron chi connectivity index (χ1n) is 10.5. The molecule has 3 nitrogen and oxygen atoms in total. The maximum Gasteiger partial charge on any atom is 0.303 e. The standard InChI is InChI=1S/C24H32O3/c1-14-15(2)22-18-6-5-16-13-17(25)9-11-23(16,3)20(18)10-12-24(22,4)19(14)7-8-21(26)27/h13,18-20,22H,1-2,5-12H2,3-4H3,(H,26,27)/t18-,19-,20+,22+,23+,24-/m1/s1. The minimum atomic E-state index is -0.721. The summed E-state index contributed by atoms with van der Waals surface area (Å²) in [5.74, 6) is 1.42.